The molecule has 1 heterocycles. The molecule has 0 aliphatic carbocycles. The van der Waals surface area contributed by atoms with Crippen LogP contribution in [0.2, 0.25) is 5.02 Å². The highest BCUT2D eigenvalue weighted by atomic mass is 35.5. The Hall–Kier alpha value is -3.00. The summed E-state index contributed by atoms with van der Waals surface area (Å²) in [5.41, 5.74) is 6.67. The quantitative estimate of drug-likeness (QED) is 0.552. The maximum absolute atomic E-state index is 12.3. The lowest BCUT2D eigenvalue weighted by molar-refractivity contribution is -0.125. The first-order chi connectivity index (χ1) is 13.6. The van der Waals surface area contributed by atoms with E-state index in [-0.39, 0.29) is 11.6 Å². The first kappa shape index (κ1) is 22.3. The molecule has 2 aromatic rings. The minimum atomic E-state index is -0.689. The summed E-state index contributed by atoms with van der Waals surface area (Å²) < 4.78 is 12.2. The fourth-order valence-corrected chi connectivity index (χ4v) is 3.25. The summed E-state index contributed by atoms with van der Waals surface area (Å²) in [6, 6.07) is 6.44. The van der Waals surface area contributed by atoms with E-state index in [0.29, 0.717) is 16.3 Å². The molecule has 156 valence electrons. The number of aryl methyl sites for hydroxylation is 1. The van der Waals surface area contributed by atoms with Crippen LogP contribution in [-0.2, 0) is 9.53 Å². The van der Waals surface area contributed by atoms with Crippen LogP contribution in [0.5, 0.6) is 5.75 Å². The third-order valence-corrected chi connectivity index (χ3v) is 4.51. The summed E-state index contributed by atoms with van der Waals surface area (Å²) in [6.45, 7) is 7.20. The molecule has 0 aliphatic heterocycles. The van der Waals surface area contributed by atoms with Gasteiger partial charge in [-0.2, -0.15) is 0 Å². The largest absolute Gasteiger partial charge is 0.496 e. The molecule has 0 saturated heterocycles. The minimum Gasteiger partial charge on any atom is -0.496 e. The highest BCUT2D eigenvalue weighted by Crippen LogP contribution is 2.22. The predicted molar refractivity (Wildman–Crippen MR) is 108 cm³/mol. The van der Waals surface area contributed by atoms with Crippen LogP contribution in [0, 0.1) is 13.8 Å². The number of benzene rings is 1. The number of hydrogen-bond donors (Lipinski definition) is 2. The highest BCUT2D eigenvalue weighted by molar-refractivity contribution is 6.31. The number of amides is 2. The molecule has 0 fully saturated rings. The Kier molecular flexibility index (Phi) is 7.28. The molecule has 29 heavy (non-hydrogen) atoms. The van der Waals surface area contributed by atoms with Gasteiger partial charge in [0.1, 0.15) is 5.75 Å². The van der Waals surface area contributed by atoms with Gasteiger partial charge in [-0.15, -0.1) is 0 Å². The maximum Gasteiger partial charge on any atom is 0.340 e. The van der Waals surface area contributed by atoms with Crippen molar-refractivity contribution in [2.24, 2.45) is 0 Å². The van der Waals surface area contributed by atoms with Crippen molar-refractivity contribution in [2.45, 2.75) is 33.7 Å². The second-order valence-electron chi connectivity index (χ2n) is 6.67. The number of halogens is 1. The summed E-state index contributed by atoms with van der Waals surface area (Å²) in [5.74, 6) is -1.62. The van der Waals surface area contributed by atoms with Gasteiger partial charge in [0.2, 0.25) is 0 Å². The standard InChI is InChI=1S/C20H24ClN3O5/c1-11(2)24-12(3)8-15(13(24)4)20(27)29-10-18(25)22-23-19(26)16-9-14(21)6-7-17(16)28-5/h6-9,11H,10H2,1-5H3,(H,22,25)(H,23,26). The molecule has 0 spiro atoms. The first-order valence-corrected chi connectivity index (χ1v) is 9.31. The van der Waals surface area contributed by atoms with E-state index in [1.165, 1.54) is 19.2 Å². The van der Waals surface area contributed by atoms with E-state index in [0.717, 1.165) is 11.4 Å². The molecule has 0 bridgehead atoms. The summed E-state index contributed by atoms with van der Waals surface area (Å²) in [7, 11) is 1.41. The van der Waals surface area contributed by atoms with Gasteiger partial charge in [0.05, 0.1) is 18.2 Å². The van der Waals surface area contributed by atoms with Crippen LogP contribution >= 0.6 is 11.6 Å². The molecule has 0 unspecified atom stereocenters. The van der Waals surface area contributed by atoms with Crippen LogP contribution in [0.25, 0.3) is 0 Å². The zero-order valence-corrected chi connectivity index (χ0v) is 17.7. The normalized spacial score (nSPS) is 10.6. The lowest BCUT2D eigenvalue weighted by Gasteiger charge is -2.13. The van der Waals surface area contributed by atoms with E-state index in [2.05, 4.69) is 10.9 Å². The number of esters is 1. The van der Waals surface area contributed by atoms with Gasteiger partial charge in [0.25, 0.3) is 11.8 Å². The van der Waals surface area contributed by atoms with E-state index in [4.69, 9.17) is 21.1 Å². The van der Waals surface area contributed by atoms with Crippen molar-refractivity contribution < 1.29 is 23.9 Å². The Morgan fingerprint density at radius 1 is 1.10 bits per heavy atom. The first-order valence-electron chi connectivity index (χ1n) is 8.94. The average molecular weight is 422 g/mol. The predicted octanol–water partition coefficient (Wildman–Crippen LogP) is 2.97. The maximum atomic E-state index is 12.3. The molecule has 0 aliphatic rings. The van der Waals surface area contributed by atoms with E-state index < -0.39 is 24.4 Å². The fraction of sp³-hybridized carbons (Fsp3) is 0.350. The van der Waals surface area contributed by atoms with Crippen molar-refractivity contribution in [2.75, 3.05) is 13.7 Å². The van der Waals surface area contributed by atoms with Crippen molar-refractivity contribution >= 4 is 29.4 Å². The van der Waals surface area contributed by atoms with Gasteiger partial charge in [-0.1, -0.05) is 11.6 Å². The van der Waals surface area contributed by atoms with E-state index in [9.17, 15) is 14.4 Å². The zero-order chi connectivity index (χ0) is 21.7. The Balaban J connectivity index is 1.92. The van der Waals surface area contributed by atoms with Gasteiger partial charge in [-0.25, -0.2) is 4.79 Å². The third kappa shape index (κ3) is 5.29. The summed E-state index contributed by atoms with van der Waals surface area (Å²) in [5, 5.41) is 0.343. The molecular weight excluding hydrogens is 398 g/mol. The third-order valence-electron chi connectivity index (χ3n) is 4.28. The molecule has 0 saturated carbocycles. The van der Waals surface area contributed by atoms with E-state index in [1.54, 1.807) is 12.1 Å². The number of carbonyl (C=O) groups excluding carboxylic acids is 3. The van der Waals surface area contributed by atoms with Gasteiger partial charge in [-0.3, -0.25) is 20.4 Å². The van der Waals surface area contributed by atoms with E-state index >= 15 is 0 Å². The van der Waals surface area contributed by atoms with E-state index in [1.807, 2.05) is 32.3 Å². The van der Waals surface area contributed by atoms with Crippen molar-refractivity contribution in [3.63, 3.8) is 0 Å². The Labute approximate surface area is 174 Å². The Morgan fingerprint density at radius 3 is 2.38 bits per heavy atom. The number of rotatable bonds is 6. The average Bonchev–Trinajstić information content (AvgIpc) is 2.98. The molecule has 0 atom stereocenters. The molecule has 2 rings (SSSR count). The fourth-order valence-electron chi connectivity index (χ4n) is 3.07. The molecule has 2 N–H and O–H groups in total. The summed E-state index contributed by atoms with van der Waals surface area (Å²) >= 11 is 5.89. The molecule has 9 heteroatoms. The van der Waals surface area contributed by atoms with Crippen molar-refractivity contribution in [1.82, 2.24) is 15.4 Å². The molecular formula is C20H24ClN3O5. The second-order valence-corrected chi connectivity index (χ2v) is 7.11. The van der Waals surface area contributed by atoms with Gasteiger partial charge in [-0.05, 0) is 52.0 Å². The Morgan fingerprint density at radius 2 is 1.79 bits per heavy atom. The number of aromatic nitrogens is 1. The van der Waals surface area contributed by atoms with Gasteiger partial charge >= 0.3 is 5.97 Å². The summed E-state index contributed by atoms with van der Waals surface area (Å²) in [4.78, 5) is 36.5. The van der Waals surface area contributed by atoms with Gasteiger partial charge in [0.15, 0.2) is 6.61 Å². The molecule has 1 aromatic heterocycles. The van der Waals surface area contributed by atoms with Crippen molar-refractivity contribution in [1.29, 1.82) is 0 Å². The van der Waals surface area contributed by atoms with Crippen molar-refractivity contribution in [3.8, 4) is 5.75 Å². The molecule has 2 amide bonds. The highest BCUT2D eigenvalue weighted by Gasteiger charge is 2.19. The number of ether oxygens (including phenoxy) is 2. The smallest absolute Gasteiger partial charge is 0.340 e. The molecule has 0 radical (unpaired) electrons. The van der Waals surface area contributed by atoms with Crippen LogP contribution in [0.3, 0.4) is 0 Å². The molecule has 1 aromatic carbocycles. The SMILES string of the molecule is COc1ccc(Cl)cc1C(=O)NNC(=O)COC(=O)c1cc(C)n(C(C)C)c1C. The Bertz CT molecular complexity index is 936. The van der Waals surface area contributed by atoms with Crippen molar-refractivity contribution in [3.05, 3.63) is 51.8 Å². The number of hydrogen-bond acceptors (Lipinski definition) is 5. The zero-order valence-electron chi connectivity index (χ0n) is 17.0. The number of carbonyl (C=O) groups is 3. The summed E-state index contributed by atoms with van der Waals surface area (Å²) in [6.07, 6.45) is 0. The topological polar surface area (TPSA) is 98.7 Å². The number of nitrogens with one attached hydrogen (secondary N) is 2. The number of nitrogens with zero attached hydrogens (tertiary/aromatic N) is 1. The van der Waals surface area contributed by atoms with Crippen LogP contribution in [-0.4, -0.2) is 36.1 Å². The number of methoxy groups -OCH3 is 1. The minimum absolute atomic E-state index is 0.151. The lowest BCUT2D eigenvalue weighted by Crippen LogP contribution is -2.43. The molecule has 8 nitrogen and oxygen atoms in total. The van der Waals surface area contributed by atoms with Crippen LogP contribution in [0.4, 0.5) is 0 Å². The monoisotopic (exact) mass is 421 g/mol. The van der Waals surface area contributed by atoms with Crippen LogP contribution < -0.4 is 15.6 Å². The van der Waals surface area contributed by atoms with Gasteiger partial charge < -0.3 is 14.0 Å². The van der Waals surface area contributed by atoms with Crippen LogP contribution in [0.15, 0.2) is 24.3 Å². The second kappa shape index (κ2) is 9.47. The number of hydrazine groups is 1. The van der Waals surface area contributed by atoms with Crippen LogP contribution in [0.1, 0.15) is 52.0 Å². The van der Waals surface area contributed by atoms with Gasteiger partial charge in [0, 0.05) is 22.5 Å². The lowest BCUT2D eigenvalue weighted by atomic mass is 10.2.